The van der Waals surface area contributed by atoms with Crippen molar-refractivity contribution in [2.75, 3.05) is 13.1 Å². The van der Waals surface area contributed by atoms with Gasteiger partial charge < -0.3 is 10.6 Å². The molecule has 0 spiro atoms. The zero-order valence-corrected chi connectivity index (χ0v) is 12.4. The van der Waals surface area contributed by atoms with Crippen LogP contribution in [0.25, 0.3) is 0 Å². The number of hydrogen-bond donors (Lipinski definition) is 2. The lowest BCUT2D eigenvalue weighted by Crippen LogP contribution is -2.36. The fraction of sp³-hybridized carbons (Fsp3) is 0.385. The Morgan fingerprint density at radius 1 is 1.26 bits per heavy atom. The van der Waals surface area contributed by atoms with Crippen molar-refractivity contribution in [1.82, 2.24) is 10.6 Å². The van der Waals surface area contributed by atoms with Crippen LogP contribution in [0.5, 0.6) is 0 Å². The maximum atomic E-state index is 13.5. The Morgan fingerprint density at radius 3 is 2.47 bits per heavy atom. The van der Waals surface area contributed by atoms with Gasteiger partial charge in [0.05, 0.1) is 5.56 Å². The van der Waals surface area contributed by atoms with E-state index in [2.05, 4.69) is 26.6 Å². The number of hydrogen-bond acceptors (Lipinski definition) is 2. The quantitative estimate of drug-likeness (QED) is 0.812. The van der Waals surface area contributed by atoms with Crippen LogP contribution >= 0.6 is 15.9 Å². The number of amides is 2. The van der Waals surface area contributed by atoms with Crippen LogP contribution in [-0.4, -0.2) is 24.9 Å². The lowest BCUT2D eigenvalue weighted by Gasteiger charge is -2.09. The molecule has 2 N–H and O–H groups in total. The van der Waals surface area contributed by atoms with Gasteiger partial charge in [0.25, 0.3) is 5.91 Å². The topological polar surface area (TPSA) is 58.2 Å². The Labute approximate surface area is 119 Å². The lowest BCUT2D eigenvalue weighted by atomic mass is 10.2. The number of carbonyl (C=O) groups excluding carboxylic acids is 2. The van der Waals surface area contributed by atoms with E-state index in [0.29, 0.717) is 11.0 Å². The van der Waals surface area contributed by atoms with Crippen LogP contribution in [-0.2, 0) is 4.79 Å². The highest BCUT2D eigenvalue weighted by atomic mass is 79.9. The third-order valence-electron chi connectivity index (χ3n) is 2.41. The van der Waals surface area contributed by atoms with Crippen molar-refractivity contribution in [2.24, 2.45) is 5.92 Å². The summed E-state index contributed by atoms with van der Waals surface area (Å²) in [5, 5.41) is 5.20. The first-order chi connectivity index (χ1) is 8.91. The van der Waals surface area contributed by atoms with Crippen molar-refractivity contribution in [1.29, 1.82) is 0 Å². The van der Waals surface area contributed by atoms with Crippen LogP contribution in [0.1, 0.15) is 24.2 Å². The Morgan fingerprint density at radius 2 is 1.89 bits per heavy atom. The van der Waals surface area contributed by atoms with Gasteiger partial charge in [0.2, 0.25) is 5.91 Å². The molecule has 1 aromatic rings. The lowest BCUT2D eigenvalue weighted by molar-refractivity contribution is -0.123. The molecule has 6 heteroatoms. The molecule has 0 saturated carbocycles. The van der Waals surface area contributed by atoms with Crippen molar-refractivity contribution in [3.63, 3.8) is 0 Å². The smallest absolute Gasteiger partial charge is 0.254 e. The molecular weight excluding hydrogens is 315 g/mol. The van der Waals surface area contributed by atoms with E-state index < -0.39 is 11.7 Å². The highest BCUT2D eigenvalue weighted by molar-refractivity contribution is 9.10. The van der Waals surface area contributed by atoms with Gasteiger partial charge in [-0.05, 0) is 18.2 Å². The predicted octanol–water partition coefficient (Wildman–Crippen LogP) is 2.09. The number of rotatable bonds is 5. The monoisotopic (exact) mass is 330 g/mol. The molecule has 19 heavy (non-hydrogen) atoms. The van der Waals surface area contributed by atoms with Gasteiger partial charge in [0.15, 0.2) is 0 Å². The van der Waals surface area contributed by atoms with Gasteiger partial charge in [0.1, 0.15) is 5.82 Å². The van der Waals surface area contributed by atoms with E-state index in [1.54, 1.807) is 19.9 Å². The number of carbonyl (C=O) groups is 2. The molecule has 0 aliphatic heterocycles. The SMILES string of the molecule is CC(C)C(=O)NCCNC(=O)c1ccc(Br)cc1F. The Hall–Kier alpha value is -1.43. The number of benzene rings is 1. The molecule has 0 saturated heterocycles. The first-order valence-corrected chi connectivity index (χ1v) is 6.72. The summed E-state index contributed by atoms with van der Waals surface area (Å²) in [6, 6.07) is 4.23. The second-order valence-corrected chi connectivity index (χ2v) is 5.24. The van der Waals surface area contributed by atoms with E-state index in [1.807, 2.05) is 0 Å². The van der Waals surface area contributed by atoms with Gasteiger partial charge in [-0.1, -0.05) is 29.8 Å². The van der Waals surface area contributed by atoms with Gasteiger partial charge in [-0.3, -0.25) is 9.59 Å². The molecule has 0 fully saturated rings. The molecule has 0 radical (unpaired) electrons. The fourth-order valence-electron chi connectivity index (χ4n) is 1.33. The van der Waals surface area contributed by atoms with Crippen molar-refractivity contribution in [3.8, 4) is 0 Å². The van der Waals surface area contributed by atoms with Gasteiger partial charge in [0, 0.05) is 23.5 Å². The number of nitrogens with one attached hydrogen (secondary N) is 2. The van der Waals surface area contributed by atoms with Crippen molar-refractivity contribution < 1.29 is 14.0 Å². The zero-order chi connectivity index (χ0) is 14.4. The van der Waals surface area contributed by atoms with E-state index in [0.717, 1.165) is 0 Å². The third-order valence-corrected chi connectivity index (χ3v) is 2.90. The van der Waals surface area contributed by atoms with Crippen molar-refractivity contribution >= 4 is 27.7 Å². The fourth-order valence-corrected chi connectivity index (χ4v) is 1.67. The zero-order valence-electron chi connectivity index (χ0n) is 10.8. The standard InChI is InChI=1S/C13H16BrFN2O2/c1-8(2)12(18)16-5-6-17-13(19)10-4-3-9(14)7-11(10)15/h3-4,7-8H,5-6H2,1-2H3,(H,16,18)(H,17,19). The molecule has 104 valence electrons. The molecule has 0 aromatic heterocycles. The Bertz CT molecular complexity index is 478. The Balaban J connectivity index is 2.41. The Kier molecular flexibility index (Phi) is 5.95. The first kappa shape index (κ1) is 15.6. The van der Waals surface area contributed by atoms with Gasteiger partial charge >= 0.3 is 0 Å². The van der Waals surface area contributed by atoms with Gasteiger partial charge in [-0.25, -0.2) is 4.39 Å². The molecule has 0 atom stereocenters. The van der Waals surface area contributed by atoms with Crippen LogP contribution in [0, 0.1) is 11.7 Å². The summed E-state index contributed by atoms with van der Waals surface area (Å²) in [7, 11) is 0. The average Bonchev–Trinajstić information content (AvgIpc) is 2.33. The molecule has 0 heterocycles. The van der Waals surface area contributed by atoms with Crippen molar-refractivity contribution in [2.45, 2.75) is 13.8 Å². The highest BCUT2D eigenvalue weighted by Gasteiger charge is 2.11. The normalized spacial score (nSPS) is 10.4. The second kappa shape index (κ2) is 7.23. The second-order valence-electron chi connectivity index (χ2n) is 4.33. The molecule has 0 bridgehead atoms. The summed E-state index contributed by atoms with van der Waals surface area (Å²) in [4.78, 5) is 22.9. The van der Waals surface area contributed by atoms with Gasteiger partial charge in [-0.15, -0.1) is 0 Å². The molecule has 2 amide bonds. The molecule has 0 aliphatic rings. The first-order valence-electron chi connectivity index (χ1n) is 5.92. The summed E-state index contributed by atoms with van der Waals surface area (Å²) in [5.41, 5.74) is -0.0154. The summed E-state index contributed by atoms with van der Waals surface area (Å²) in [5.74, 6) is -1.26. The predicted molar refractivity (Wildman–Crippen MR) is 74.3 cm³/mol. The van der Waals surface area contributed by atoms with Crippen LogP contribution in [0.3, 0.4) is 0 Å². The van der Waals surface area contributed by atoms with Crippen LogP contribution in [0.15, 0.2) is 22.7 Å². The molecule has 4 nitrogen and oxygen atoms in total. The largest absolute Gasteiger partial charge is 0.354 e. The van der Waals surface area contributed by atoms with Crippen molar-refractivity contribution in [3.05, 3.63) is 34.1 Å². The minimum absolute atomic E-state index is 0.0154. The molecule has 0 aliphatic carbocycles. The average molecular weight is 331 g/mol. The van der Waals surface area contributed by atoms with Crippen LogP contribution < -0.4 is 10.6 Å². The van der Waals surface area contributed by atoms with Crippen LogP contribution in [0.2, 0.25) is 0 Å². The summed E-state index contributed by atoms with van der Waals surface area (Å²) in [6.07, 6.45) is 0. The van der Waals surface area contributed by atoms with E-state index >= 15 is 0 Å². The van der Waals surface area contributed by atoms with E-state index in [4.69, 9.17) is 0 Å². The maximum Gasteiger partial charge on any atom is 0.254 e. The van der Waals surface area contributed by atoms with E-state index in [9.17, 15) is 14.0 Å². The molecule has 1 aromatic carbocycles. The minimum atomic E-state index is -0.585. The van der Waals surface area contributed by atoms with E-state index in [1.165, 1.54) is 12.1 Å². The van der Waals surface area contributed by atoms with E-state index in [-0.39, 0.29) is 23.9 Å². The summed E-state index contributed by atoms with van der Waals surface area (Å²) < 4.78 is 14.1. The highest BCUT2D eigenvalue weighted by Crippen LogP contribution is 2.14. The van der Waals surface area contributed by atoms with Gasteiger partial charge in [-0.2, -0.15) is 0 Å². The molecule has 1 rings (SSSR count). The summed E-state index contributed by atoms with van der Waals surface area (Å²) in [6.45, 7) is 4.14. The molecule has 0 unspecified atom stereocenters. The van der Waals surface area contributed by atoms with Crippen LogP contribution in [0.4, 0.5) is 4.39 Å². The third kappa shape index (κ3) is 4.98. The maximum absolute atomic E-state index is 13.5. The number of halogens is 2. The molecular formula is C13H16BrFN2O2. The summed E-state index contributed by atoms with van der Waals surface area (Å²) >= 11 is 3.12. The minimum Gasteiger partial charge on any atom is -0.354 e.